The average Bonchev–Trinajstić information content (AvgIpc) is 2.81. The minimum atomic E-state index is -0.110. The number of aromatic nitrogens is 1. The minimum absolute atomic E-state index is 0.0684. The van der Waals surface area contributed by atoms with Crippen LogP contribution in [0.15, 0.2) is 48.5 Å². The summed E-state index contributed by atoms with van der Waals surface area (Å²) < 4.78 is 0. The summed E-state index contributed by atoms with van der Waals surface area (Å²) >= 11 is 0. The highest BCUT2D eigenvalue weighted by atomic mass is 16.2. The molecule has 3 aromatic rings. The van der Waals surface area contributed by atoms with Crippen LogP contribution in [0, 0.1) is 12.8 Å². The standard InChI is InChI=1S/C28H34N4O2/c1-19-7-12-26-24(16-19)25(28(34)29-13-5-15-32-14-4-6-20(2)18-32)17-27(31-26)22-8-10-23(11-9-22)30-21(3)33/h7-12,16-17,20H,4-6,13-15,18H2,1-3H3,(H,29,34)(H,30,33)/t20-/m1/s1. The first-order chi connectivity index (χ1) is 16.4. The van der Waals surface area contributed by atoms with Crippen molar-refractivity contribution in [1.82, 2.24) is 15.2 Å². The first-order valence-corrected chi connectivity index (χ1v) is 12.2. The third-order valence-corrected chi connectivity index (χ3v) is 6.39. The molecule has 2 aromatic carbocycles. The molecule has 0 unspecified atom stereocenters. The number of piperidine rings is 1. The van der Waals surface area contributed by atoms with Crippen molar-refractivity contribution in [2.24, 2.45) is 5.92 Å². The molecule has 1 aliphatic heterocycles. The molecular formula is C28H34N4O2. The Morgan fingerprint density at radius 3 is 2.65 bits per heavy atom. The number of benzene rings is 2. The lowest BCUT2D eigenvalue weighted by atomic mass is 10.0. The molecule has 0 aliphatic carbocycles. The first kappa shape index (κ1) is 23.9. The molecule has 1 fully saturated rings. The van der Waals surface area contributed by atoms with Gasteiger partial charge in [-0.2, -0.15) is 0 Å². The first-order valence-electron chi connectivity index (χ1n) is 12.2. The number of fused-ring (bicyclic) bond motifs is 1. The molecule has 2 amide bonds. The van der Waals surface area contributed by atoms with E-state index in [1.165, 1.54) is 19.8 Å². The summed E-state index contributed by atoms with van der Waals surface area (Å²) in [7, 11) is 0. The average molecular weight is 459 g/mol. The second kappa shape index (κ2) is 10.8. The maximum atomic E-state index is 13.2. The number of pyridine rings is 1. The zero-order chi connectivity index (χ0) is 24.1. The Labute approximate surface area is 201 Å². The van der Waals surface area contributed by atoms with E-state index in [9.17, 15) is 9.59 Å². The second-order valence-corrected chi connectivity index (χ2v) is 9.49. The van der Waals surface area contributed by atoms with E-state index in [2.05, 4.69) is 22.5 Å². The Morgan fingerprint density at radius 2 is 1.91 bits per heavy atom. The van der Waals surface area contributed by atoms with Gasteiger partial charge >= 0.3 is 0 Å². The predicted octanol–water partition coefficient (Wildman–Crippen LogP) is 5.02. The highest BCUT2D eigenvalue weighted by molar-refractivity contribution is 6.07. The fraction of sp³-hybridized carbons (Fsp3) is 0.393. The van der Waals surface area contributed by atoms with E-state index >= 15 is 0 Å². The van der Waals surface area contributed by atoms with Gasteiger partial charge in [-0.3, -0.25) is 9.59 Å². The molecule has 1 aromatic heterocycles. The molecule has 2 heterocycles. The molecule has 1 aliphatic rings. The van der Waals surface area contributed by atoms with E-state index in [4.69, 9.17) is 4.98 Å². The maximum Gasteiger partial charge on any atom is 0.252 e. The lowest BCUT2D eigenvalue weighted by Crippen LogP contribution is -2.36. The number of hydrogen-bond acceptors (Lipinski definition) is 4. The summed E-state index contributed by atoms with van der Waals surface area (Å²) in [5.74, 6) is 0.585. The molecule has 0 radical (unpaired) electrons. The van der Waals surface area contributed by atoms with Crippen LogP contribution in [0.25, 0.3) is 22.2 Å². The molecule has 1 saturated heterocycles. The van der Waals surface area contributed by atoms with Gasteiger partial charge in [-0.05, 0) is 75.5 Å². The number of nitrogens with one attached hydrogen (secondary N) is 2. The van der Waals surface area contributed by atoms with Crippen LogP contribution >= 0.6 is 0 Å². The number of likely N-dealkylation sites (tertiary alicyclic amines) is 1. The predicted molar refractivity (Wildman–Crippen MR) is 138 cm³/mol. The number of carbonyl (C=O) groups excluding carboxylic acids is 2. The molecular weight excluding hydrogens is 424 g/mol. The van der Waals surface area contributed by atoms with Gasteiger partial charge in [0, 0.05) is 36.7 Å². The lowest BCUT2D eigenvalue weighted by Gasteiger charge is -2.30. The van der Waals surface area contributed by atoms with Crippen molar-refractivity contribution in [2.45, 2.75) is 40.0 Å². The molecule has 178 valence electrons. The van der Waals surface area contributed by atoms with E-state index in [1.807, 2.05) is 55.5 Å². The van der Waals surface area contributed by atoms with E-state index in [-0.39, 0.29) is 11.8 Å². The summed E-state index contributed by atoms with van der Waals surface area (Å²) in [5, 5.41) is 6.77. The third kappa shape index (κ3) is 6.00. The summed E-state index contributed by atoms with van der Waals surface area (Å²) in [4.78, 5) is 31.9. The second-order valence-electron chi connectivity index (χ2n) is 9.49. The van der Waals surface area contributed by atoms with Crippen molar-refractivity contribution in [3.8, 4) is 11.3 Å². The monoisotopic (exact) mass is 458 g/mol. The summed E-state index contributed by atoms with van der Waals surface area (Å²) in [5.41, 5.74) is 4.88. The molecule has 6 heteroatoms. The van der Waals surface area contributed by atoms with E-state index in [0.29, 0.717) is 12.1 Å². The molecule has 34 heavy (non-hydrogen) atoms. The van der Waals surface area contributed by atoms with Gasteiger partial charge in [-0.1, -0.05) is 30.7 Å². The fourth-order valence-electron chi connectivity index (χ4n) is 4.69. The van der Waals surface area contributed by atoms with Gasteiger partial charge in [0.1, 0.15) is 0 Å². The van der Waals surface area contributed by atoms with Crippen molar-refractivity contribution in [3.05, 3.63) is 59.7 Å². The topological polar surface area (TPSA) is 74.3 Å². The normalized spacial score (nSPS) is 16.4. The highest BCUT2D eigenvalue weighted by Gasteiger charge is 2.17. The van der Waals surface area contributed by atoms with Crippen LogP contribution in [-0.2, 0) is 4.79 Å². The van der Waals surface area contributed by atoms with Gasteiger partial charge in [0.05, 0.1) is 16.8 Å². The van der Waals surface area contributed by atoms with Gasteiger partial charge in [-0.25, -0.2) is 4.98 Å². The SMILES string of the molecule is CC(=O)Nc1ccc(-c2cc(C(=O)NCCCN3CCC[C@@H](C)C3)c3cc(C)ccc3n2)cc1. The number of aryl methyl sites for hydroxylation is 1. The van der Waals surface area contributed by atoms with Crippen molar-refractivity contribution in [1.29, 1.82) is 0 Å². The maximum absolute atomic E-state index is 13.2. The Morgan fingerprint density at radius 1 is 1.12 bits per heavy atom. The Kier molecular flexibility index (Phi) is 7.58. The van der Waals surface area contributed by atoms with E-state index in [1.54, 1.807) is 0 Å². The fourth-order valence-corrected chi connectivity index (χ4v) is 4.69. The van der Waals surface area contributed by atoms with Gasteiger partial charge in [-0.15, -0.1) is 0 Å². The minimum Gasteiger partial charge on any atom is -0.352 e. The summed E-state index contributed by atoms with van der Waals surface area (Å²) in [6.45, 7) is 9.82. The van der Waals surface area contributed by atoms with Crippen molar-refractivity contribution >= 4 is 28.4 Å². The van der Waals surface area contributed by atoms with E-state index < -0.39 is 0 Å². The lowest BCUT2D eigenvalue weighted by molar-refractivity contribution is -0.114. The van der Waals surface area contributed by atoms with Crippen LogP contribution in [-0.4, -0.2) is 47.9 Å². The van der Waals surface area contributed by atoms with Crippen LogP contribution in [0.1, 0.15) is 49.0 Å². The van der Waals surface area contributed by atoms with Gasteiger partial charge < -0.3 is 15.5 Å². The van der Waals surface area contributed by atoms with Crippen LogP contribution in [0.3, 0.4) is 0 Å². The molecule has 6 nitrogen and oxygen atoms in total. The number of hydrogen-bond donors (Lipinski definition) is 2. The van der Waals surface area contributed by atoms with Crippen molar-refractivity contribution in [2.75, 3.05) is 31.5 Å². The summed E-state index contributed by atoms with van der Waals surface area (Å²) in [6, 6.07) is 15.4. The number of nitrogens with zero attached hydrogens (tertiary/aromatic N) is 2. The van der Waals surface area contributed by atoms with E-state index in [0.717, 1.165) is 65.4 Å². The smallest absolute Gasteiger partial charge is 0.252 e. The summed E-state index contributed by atoms with van der Waals surface area (Å²) in [6.07, 6.45) is 3.53. The molecule has 0 saturated carbocycles. The molecule has 2 N–H and O–H groups in total. The van der Waals surface area contributed by atoms with Crippen LogP contribution in [0.2, 0.25) is 0 Å². The number of rotatable bonds is 7. The molecule has 0 spiro atoms. The molecule has 1 atom stereocenters. The van der Waals surface area contributed by atoms with Crippen LogP contribution in [0.4, 0.5) is 5.69 Å². The Bertz CT molecular complexity index is 1170. The van der Waals surface area contributed by atoms with Crippen molar-refractivity contribution < 1.29 is 9.59 Å². The number of carbonyl (C=O) groups is 2. The quantitative estimate of drug-likeness (QED) is 0.488. The number of anilines is 1. The third-order valence-electron chi connectivity index (χ3n) is 6.39. The van der Waals surface area contributed by atoms with Gasteiger partial charge in [0.15, 0.2) is 0 Å². The largest absolute Gasteiger partial charge is 0.352 e. The molecule has 0 bridgehead atoms. The Balaban J connectivity index is 1.51. The highest BCUT2D eigenvalue weighted by Crippen LogP contribution is 2.27. The zero-order valence-corrected chi connectivity index (χ0v) is 20.4. The zero-order valence-electron chi connectivity index (χ0n) is 20.4. The van der Waals surface area contributed by atoms with Crippen LogP contribution < -0.4 is 10.6 Å². The Hall–Kier alpha value is -3.25. The van der Waals surface area contributed by atoms with Crippen molar-refractivity contribution in [3.63, 3.8) is 0 Å². The van der Waals surface area contributed by atoms with Gasteiger partial charge in [0.25, 0.3) is 5.91 Å². The van der Waals surface area contributed by atoms with Crippen LogP contribution in [0.5, 0.6) is 0 Å². The molecule has 4 rings (SSSR count). The number of amides is 2. The van der Waals surface area contributed by atoms with Gasteiger partial charge in [0.2, 0.25) is 5.91 Å².